The summed E-state index contributed by atoms with van der Waals surface area (Å²) < 4.78 is 25.4. The van der Waals surface area contributed by atoms with Gasteiger partial charge in [-0.15, -0.1) is 0 Å². The number of aliphatic carboxylic acids is 1. The average Bonchev–Trinajstić information content (AvgIpc) is 2.50. The summed E-state index contributed by atoms with van der Waals surface area (Å²) in [7, 11) is -3.25. The number of sulfonamides is 1. The van der Waals surface area contributed by atoms with E-state index in [2.05, 4.69) is 19.1 Å². The first-order valence-electron chi connectivity index (χ1n) is 8.57. The monoisotopic (exact) mass is 355 g/mol. The van der Waals surface area contributed by atoms with Crippen LogP contribution in [-0.4, -0.2) is 36.6 Å². The van der Waals surface area contributed by atoms with Gasteiger partial charge in [-0.1, -0.05) is 50.5 Å². The molecule has 136 valence electrons. The van der Waals surface area contributed by atoms with Gasteiger partial charge in [0.15, 0.2) is 0 Å². The van der Waals surface area contributed by atoms with Gasteiger partial charge in [0, 0.05) is 19.5 Å². The summed E-state index contributed by atoms with van der Waals surface area (Å²) in [6, 6.07) is 8.11. The normalized spacial score (nSPS) is 11.8. The molecule has 1 aromatic rings. The number of carbonyl (C=O) groups is 1. The second-order valence-corrected chi connectivity index (χ2v) is 8.20. The molecule has 0 atom stereocenters. The van der Waals surface area contributed by atoms with E-state index in [1.165, 1.54) is 16.1 Å². The van der Waals surface area contributed by atoms with Gasteiger partial charge < -0.3 is 5.11 Å². The number of carboxylic acid groups (broad SMARTS) is 1. The Morgan fingerprint density at radius 2 is 1.62 bits per heavy atom. The average molecular weight is 356 g/mol. The molecule has 0 spiro atoms. The minimum atomic E-state index is -3.25. The van der Waals surface area contributed by atoms with E-state index in [4.69, 9.17) is 5.11 Å². The molecule has 5 nitrogen and oxygen atoms in total. The molecule has 0 fully saturated rings. The fourth-order valence-electron chi connectivity index (χ4n) is 2.58. The number of aryl methyl sites for hydroxylation is 1. The molecular formula is C18H29NO4S. The highest BCUT2D eigenvalue weighted by atomic mass is 32.2. The third kappa shape index (κ3) is 8.45. The fraction of sp³-hybridized carbons (Fsp3) is 0.611. The van der Waals surface area contributed by atoms with E-state index in [9.17, 15) is 13.2 Å². The summed E-state index contributed by atoms with van der Waals surface area (Å²) in [5.74, 6) is -0.778. The van der Waals surface area contributed by atoms with Crippen molar-refractivity contribution in [2.45, 2.75) is 58.4 Å². The van der Waals surface area contributed by atoms with Gasteiger partial charge in [0.2, 0.25) is 10.0 Å². The zero-order chi connectivity index (χ0) is 18.0. The molecule has 0 aliphatic rings. The van der Waals surface area contributed by atoms with Crippen molar-refractivity contribution in [3.05, 3.63) is 35.4 Å². The quantitative estimate of drug-likeness (QED) is 0.583. The SMILES string of the molecule is CCCc1ccc(CN(CCCCCCC(=O)O)S(C)(=O)=O)cc1. The van der Waals surface area contributed by atoms with E-state index in [-0.39, 0.29) is 6.42 Å². The van der Waals surface area contributed by atoms with Crippen LogP contribution in [0.15, 0.2) is 24.3 Å². The number of unbranched alkanes of at least 4 members (excludes halogenated alkanes) is 3. The summed E-state index contributed by atoms with van der Waals surface area (Å²) in [6.45, 7) is 3.00. The highest BCUT2D eigenvalue weighted by Crippen LogP contribution is 2.13. The van der Waals surface area contributed by atoms with Crippen LogP contribution in [0.2, 0.25) is 0 Å². The van der Waals surface area contributed by atoms with E-state index in [1.54, 1.807) is 0 Å². The van der Waals surface area contributed by atoms with Crippen molar-refractivity contribution in [1.82, 2.24) is 4.31 Å². The van der Waals surface area contributed by atoms with Gasteiger partial charge >= 0.3 is 5.97 Å². The third-order valence-corrected chi connectivity index (χ3v) is 5.19. The van der Waals surface area contributed by atoms with Crippen molar-refractivity contribution < 1.29 is 18.3 Å². The second-order valence-electron chi connectivity index (χ2n) is 6.22. The molecule has 0 unspecified atom stereocenters. The highest BCUT2D eigenvalue weighted by Gasteiger charge is 2.16. The number of hydrogen-bond donors (Lipinski definition) is 1. The molecule has 24 heavy (non-hydrogen) atoms. The Hall–Kier alpha value is -1.40. The maximum atomic E-state index is 12.0. The molecule has 0 heterocycles. The van der Waals surface area contributed by atoms with Crippen molar-refractivity contribution in [2.75, 3.05) is 12.8 Å². The Morgan fingerprint density at radius 3 is 2.17 bits per heavy atom. The molecule has 0 amide bonds. The standard InChI is InChI=1S/C18H29NO4S/c1-3-8-16-10-12-17(13-11-16)15-19(24(2,22)23)14-7-5-4-6-9-18(20)21/h10-13H,3-9,14-15H2,1-2H3,(H,20,21). The number of hydrogen-bond acceptors (Lipinski definition) is 3. The Morgan fingerprint density at radius 1 is 1.04 bits per heavy atom. The minimum Gasteiger partial charge on any atom is -0.481 e. The van der Waals surface area contributed by atoms with E-state index in [0.29, 0.717) is 19.5 Å². The first-order valence-corrected chi connectivity index (χ1v) is 10.4. The lowest BCUT2D eigenvalue weighted by Gasteiger charge is -2.20. The molecule has 0 bridgehead atoms. The predicted octanol–water partition coefficient (Wildman–Crippen LogP) is 3.44. The first kappa shape index (κ1) is 20.6. The topological polar surface area (TPSA) is 74.7 Å². The zero-order valence-corrected chi connectivity index (χ0v) is 15.5. The minimum absolute atomic E-state index is 0.180. The molecule has 0 aliphatic carbocycles. The lowest BCUT2D eigenvalue weighted by molar-refractivity contribution is -0.137. The molecule has 0 saturated carbocycles. The fourth-order valence-corrected chi connectivity index (χ4v) is 3.43. The molecule has 6 heteroatoms. The molecule has 1 rings (SSSR count). The highest BCUT2D eigenvalue weighted by molar-refractivity contribution is 7.88. The summed E-state index contributed by atoms with van der Waals surface area (Å²) in [5, 5.41) is 8.59. The van der Waals surface area contributed by atoms with Crippen LogP contribution in [0.4, 0.5) is 0 Å². The van der Waals surface area contributed by atoms with Gasteiger partial charge in [0.05, 0.1) is 6.26 Å². The number of benzene rings is 1. The van der Waals surface area contributed by atoms with E-state index < -0.39 is 16.0 Å². The Labute approximate surface area is 145 Å². The van der Waals surface area contributed by atoms with Crippen LogP contribution in [0, 0.1) is 0 Å². The van der Waals surface area contributed by atoms with Crippen LogP contribution in [0.3, 0.4) is 0 Å². The van der Waals surface area contributed by atoms with Crippen LogP contribution in [-0.2, 0) is 27.8 Å². The molecule has 1 N–H and O–H groups in total. The molecule has 0 radical (unpaired) electrons. The summed E-state index contributed by atoms with van der Waals surface area (Å²) in [4.78, 5) is 10.5. The molecule has 0 aromatic heterocycles. The summed E-state index contributed by atoms with van der Waals surface area (Å²) >= 11 is 0. The number of carboxylic acids is 1. The Kier molecular flexibility index (Phi) is 9.00. The summed E-state index contributed by atoms with van der Waals surface area (Å²) in [6.07, 6.45) is 6.60. The van der Waals surface area contributed by atoms with Gasteiger partial charge in [-0.3, -0.25) is 4.79 Å². The zero-order valence-electron chi connectivity index (χ0n) is 14.7. The smallest absolute Gasteiger partial charge is 0.303 e. The van der Waals surface area contributed by atoms with E-state index >= 15 is 0 Å². The van der Waals surface area contributed by atoms with Crippen LogP contribution in [0.5, 0.6) is 0 Å². The lowest BCUT2D eigenvalue weighted by Crippen LogP contribution is -2.30. The first-order chi connectivity index (χ1) is 11.3. The van der Waals surface area contributed by atoms with E-state index in [1.807, 2.05) is 12.1 Å². The van der Waals surface area contributed by atoms with Crippen LogP contribution >= 0.6 is 0 Å². The maximum absolute atomic E-state index is 12.0. The summed E-state index contributed by atoms with van der Waals surface area (Å²) in [5.41, 5.74) is 2.26. The molecule has 0 saturated heterocycles. The third-order valence-electron chi connectivity index (χ3n) is 3.94. The maximum Gasteiger partial charge on any atom is 0.303 e. The van der Waals surface area contributed by atoms with Crippen LogP contribution < -0.4 is 0 Å². The Balaban J connectivity index is 2.49. The molecular weight excluding hydrogens is 326 g/mol. The predicted molar refractivity (Wildman–Crippen MR) is 96.4 cm³/mol. The molecule has 0 aliphatic heterocycles. The van der Waals surface area contributed by atoms with Gasteiger partial charge in [-0.2, -0.15) is 4.31 Å². The van der Waals surface area contributed by atoms with Crippen molar-refractivity contribution in [3.8, 4) is 0 Å². The number of rotatable bonds is 12. The van der Waals surface area contributed by atoms with Crippen molar-refractivity contribution in [3.63, 3.8) is 0 Å². The van der Waals surface area contributed by atoms with Gasteiger partial charge in [0.1, 0.15) is 0 Å². The van der Waals surface area contributed by atoms with E-state index in [0.717, 1.165) is 37.7 Å². The van der Waals surface area contributed by atoms with Crippen molar-refractivity contribution >= 4 is 16.0 Å². The number of nitrogens with zero attached hydrogens (tertiary/aromatic N) is 1. The van der Waals surface area contributed by atoms with Crippen LogP contribution in [0.25, 0.3) is 0 Å². The molecule has 1 aromatic carbocycles. The van der Waals surface area contributed by atoms with Crippen molar-refractivity contribution in [2.24, 2.45) is 0 Å². The van der Waals surface area contributed by atoms with Gasteiger partial charge in [-0.25, -0.2) is 8.42 Å². The van der Waals surface area contributed by atoms with Gasteiger partial charge in [0.25, 0.3) is 0 Å². The van der Waals surface area contributed by atoms with Gasteiger partial charge in [-0.05, 0) is 30.4 Å². The lowest BCUT2D eigenvalue weighted by atomic mass is 10.1. The van der Waals surface area contributed by atoms with Crippen molar-refractivity contribution in [1.29, 1.82) is 0 Å². The second kappa shape index (κ2) is 10.5. The van der Waals surface area contributed by atoms with Crippen LogP contribution in [0.1, 0.15) is 56.6 Å². The largest absolute Gasteiger partial charge is 0.481 e. The Bertz CT molecular complexity index is 596.